The zero-order valence-electron chi connectivity index (χ0n) is 16.3. The van der Waals surface area contributed by atoms with Crippen molar-refractivity contribution in [1.29, 1.82) is 0 Å². The van der Waals surface area contributed by atoms with Gasteiger partial charge in [0.15, 0.2) is 0 Å². The molecule has 0 bridgehead atoms. The number of benzene rings is 2. The van der Waals surface area contributed by atoms with Crippen molar-refractivity contribution in [3.63, 3.8) is 0 Å². The first kappa shape index (κ1) is 20.6. The normalized spacial score (nSPS) is 11.9. The SMILES string of the molecule is CCNCc1cccc(NC(=O)C(NC(=O)CC(C)C)c2ccccc2)c1. The maximum atomic E-state index is 12.9. The average Bonchev–Trinajstić information content (AvgIpc) is 2.65. The van der Waals surface area contributed by atoms with E-state index in [1.54, 1.807) is 0 Å². The van der Waals surface area contributed by atoms with E-state index in [0.717, 1.165) is 29.9 Å². The molecule has 144 valence electrons. The van der Waals surface area contributed by atoms with Crippen LogP contribution >= 0.6 is 0 Å². The summed E-state index contributed by atoms with van der Waals surface area (Å²) in [5.74, 6) is -0.152. The van der Waals surface area contributed by atoms with Gasteiger partial charge in [-0.25, -0.2) is 0 Å². The molecule has 0 aliphatic rings. The van der Waals surface area contributed by atoms with E-state index in [-0.39, 0.29) is 17.7 Å². The summed E-state index contributed by atoms with van der Waals surface area (Å²) < 4.78 is 0. The number of carbonyl (C=O) groups excluding carboxylic acids is 2. The van der Waals surface area contributed by atoms with E-state index in [2.05, 4.69) is 22.9 Å². The fraction of sp³-hybridized carbons (Fsp3) is 0.364. The lowest BCUT2D eigenvalue weighted by Gasteiger charge is -2.20. The second kappa shape index (κ2) is 10.5. The van der Waals surface area contributed by atoms with Gasteiger partial charge in [0, 0.05) is 18.7 Å². The van der Waals surface area contributed by atoms with E-state index < -0.39 is 6.04 Å². The molecule has 1 atom stereocenters. The molecular formula is C22H29N3O2. The highest BCUT2D eigenvalue weighted by atomic mass is 16.2. The molecule has 2 amide bonds. The van der Waals surface area contributed by atoms with E-state index in [9.17, 15) is 9.59 Å². The summed E-state index contributed by atoms with van der Waals surface area (Å²) >= 11 is 0. The fourth-order valence-corrected chi connectivity index (χ4v) is 2.78. The number of nitrogens with one attached hydrogen (secondary N) is 3. The van der Waals surface area contributed by atoms with Gasteiger partial charge >= 0.3 is 0 Å². The number of rotatable bonds is 9. The molecule has 0 saturated heterocycles. The predicted molar refractivity (Wildman–Crippen MR) is 109 cm³/mol. The van der Waals surface area contributed by atoms with Crippen molar-refractivity contribution >= 4 is 17.5 Å². The number of anilines is 1. The second-order valence-corrected chi connectivity index (χ2v) is 6.98. The van der Waals surface area contributed by atoms with Crippen molar-refractivity contribution in [2.24, 2.45) is 5.92 Å². The Labute approximate surface area is 161 Å². The molecule has 2 aromatic rings. The lowest BCUT2D eigenvalue weighted by Crippen LogP contribution is -2.37. The summed E-state index contributed by atoms with van der Waals surface area (Å²) in [4.78, 5) is 25.2. The monoisotopic (exact) mass is 367 g/mol. The van der Waals surface area contributed by atoms with Gasteiger partial charge in [-0.2, -0.15) is 0 Å². The van der Waals surface area contributed by atoms with Crippen LogP contribution in [0.1, 0.15) is 44.4 Å². The second-order valence-electron chi connectivity index (χ2n) is 6.98. The van der Waals surface area contributed by atoms with Crippen LogP contribution < -0.4 is 16.0 Å². The van der Waals surface area contributed by atoms with Crippen molar-refractivity contribution in [2.75, 3.05) is 11.9 Å². The third-order valence-electron chi connectivity index (χ3n) is 4.07. The van der Waals surface area contributed by atoms with E-state index in [4.69, 9.17) is 0 Å². The Kier molecular flexibility index (Phi) is 8.01. The minimum atomic E-state index is -0.727. The van der Waals surface area contributed by atoms with Gasteiger partial charge in [0.2, 0.25) is 5.91 Å². The zero-order chi connectivity index (χ0) is 19.6. The first-order valence-corrected chi connectivity index (χ1v) is 9.44. The molecule has 2 rings (SSSR count). The quantitative estimate of drug-likeness (QED) is 0.634. The Morgan fingerprint density at radius 1 is 1.00 bits per heavy atom. The molecule has 3 N–H and O–H groups in total. The molecule has 0 saturated carbocycles. The number of carbonyl (C=O) groups is 2. The van der Waals surface area contributed by atoms with Crippen molar-refractivity contribution in [1.82, 2.24) is 10.6 Å². The van der Waals surface area contributed by atoms with Gasteiger partial charge in [-0.1, -0.05) is 63.2 Å². The summed E-state index contributed by atoms with van der Waals surface area (Å²) in [5, 5.41) is 9.07. The predicted octanol–water partition coefficient (Wildman–Crippen LogP) is 3.64. The van der Waals surface area contributed by atoms with Crippen LogP contribution in [0.4, 0.5) is 5.69 Å². The van der Waals surface area contributed by atoms with E-state index >= 15 is 0 Å². The third kappa shape index (κ3) is 6.87. The molecule has 2 aromatic carbocycles. The van der Waals surface area contributed by atoms with Crippen LogP contribution in [0.2, 0.25) is 0 Å². The van der Waals surface area contributed by atoms with Crippen molar-refractivity contribution < 1.29 is 9.59 Å². The van der Waals surface area contributed by atoms with Crippen LogP contribution in [-0.2, 0) is 16.1 Å². The Bertz CT molecular complexity index is 744. The molecule has 0 spiro atoms. The van der Waals surface area contributed by atoms with Gasteiger partial charge < -0.3 is 16.0 Å². The molecule has 0 heterocycles. The van der Waals surface area contributed by atoms with Crippen molar-refractivity contribution in [2.45, 2.75) is 39.8 Å². The zero-order valence-corrected chi connectivity index (χ0v) is 16.3. The largest absolute Gasteiger partial charge is 0.341 e. The van der Waals surface area contributed by atoms with Gasteiger partial charge in [-0.3, -0.25) is 9.59 Å². The van der Waals surface area contributed by atoms with Crippen LogP contribution in [0.3, 0.4) is 0 Å². The van der Waals surface area contributed by atoms with E-state index in [1.807, 2.05) is 68.4 Å². The summed E-state index contributed by atoms with van der Waals surface area (Å²) in [7, 11) is 0. The number of amides is 2. The van der Waals surface area contributed by atoms with Crippen LogP contribution in [0, 0.1) is 5.92 Å². The lowest BCUT2D eigenvalue weighted by atomic mass is 10.0. The molecular weight excluding hydrogens is 338 g/mol. The summed E-state index contributed by atoms with van der Waals surface area (Å²) in [6.07, 6.45) is 0.384. The van der Waals surface area contributed by atoms with Crippen LogP contribution in [0.5, 0.6) is 0 Å². The molecule has 27 heavy (non-hydrogen) atoms. The Morgan fingerprint density at radius 2 is 1.74 bits per heavy atom. The Morgan fingerprint density at radius 3 is 2.41 bits per heavy atom. The Hall–Kier alpha value is -2.66. The fourth-order valence-electron chi connectivity index (χ4n) is 2.78. The summed E-state index contributed by atoms with van der Waals surface area (Å²) in [5.41, 5.74) is 2.57. The van der Waals surface area contributed by atoms with Crippen LogP contribution in [0.25, 0.3) is 0 Å². The van der Waals surface area contributed by atoms with Gasteiger partial charge in [0.05, 0.1) is 0 Å². The first-order chi connectivity index (χ1) is 13.0. The summed E-state index contributed by atoms with van der Waals surface area (Å²) in [6, 6.07) is 16.3. The van der Waals surface area contributed by atoms with Crippen LogP contribution in [-0.4, -0.2) is 18.4 Å². The standard InChI is InChI=1S/C22H29N3O2/c1-4-23-15-17-9-8-12-19(14-17)24-22(27)21(18-10-6-5-7-11-18)25-20(26)13-16(2)3/h5-12,14,16,21,23H,4,13,15H2,1-3H3,(H,24,27)(H,25,26). The van der Waals surface area contributed by atoms with Crippen LogP contribution in [0.15, 0.2) is 54.6 Å². The highest BCUT2D eigenvalue weighted by molar-refractivity contribution is 5.97. The minimum absolute atomic E-state index is 0.130. The van der Waals surface area contributed by atoms with Gasteiger partial charge in [-0.15, -0.1) is 0 Å². The maximum Gasteiger partial charge on any atom is 0.251 e. The average molecular weight is 367 g/mol. The van der Waals surface area contributed by atoms with Crippen molar-refractivity contribution in [3.05, 3.63) is 65.7 Å². The molecule has 0 aliphatic carbocycles. The Balaban J connectivity index is 2.15. The minimum Gasteiger partial charge on any atom is -0.341 e. The van der Waals surface area contributed by atoms with E-state index in [1.165, 1.54) is 0 Å². The molecule has 0 radical (unpaired) electrons. The lowest BCUT2D eigenvalue weighted by molar-refractivity contribution is -0.127. The highest BCUT2D eigenvalue weighted by Gasteiger charge is 2.23. The molecule has 1 unspecified atom stereocenters. The summed E-state index contributed by atoms with van der Waals surface area (Å²) in [6.45, 7) is 7.64. The topological polar surface area (TPSA) is 70.2 Å². The number of hydrogen-bond acceptors (Lipinski definition) is 3. The highest BCUT2D eigenvalue weighted by Crippen LogP contribution is 2.18. The molecule has 0 fully saturated rings. The third-order valence-corrected chi connectivity index (χ3v) is 4.07. The van der Waals surface area contributed by atoms with Gasteiger partial charge in [0.25, 0.3) is 5.91 Å². The molecule has 5 nitrogen and oxygen atoms in total. The number of hydrogen-bond donors (Lipinski definition) is 3. The van der Waals surface area contributed by atoms with Gasteiger partial charge in [-0.05, 0) is 35.7 Å². The molecule has 0 aliphatic heterocycles. The van der Waals surface area contributed by atoms with E-state index in [0.29, 0.717) is 6.42 Å². The first-order valence-electron chi connectivity index (χ1n) is 9.44. The van der Waals surface area contributed by atoms with Gasteiger partial charge in [0.1, 0.15) is 6.04 Å². The molecule has 0 aromatic heterocycles. The smallest absolute Gasteiger partial charge is 0.251 e. The molecule has 5 heteroatoms. The maximum absolute atomic E-state index is 12.9. The van der Waals surface area contributed by atoms with Crippen molar-refractivity contribution in [3.8, 4) is 0 Å².